The number of nitrogens with zero attached hydrogens (tertiary/aromatic N) is 2. The molecular formula is C24H31N3. The van der Waals surface area contributed by atoms with Crippen LogP contribution >= 0.6 is 0 Å². The number of imidazole rings is 1. The van der Waals surface area contributed by atoms with Gasteiger partial charge in [0.15, 0.2) is 0 Å². The standard InChI is InChI=1S/C24H31N3/c1-16(2)19-12-9-13-20(17(3)4)23(19)27-22-15-8-7-14-21(22)26-24(27)25-18-10-5-6-11-18/h7-9,12-18H,5-6,10-11H2,1-4H3,(H,25,26). The Labute approximate surface area is 162 Å². The first kappa shape index (κ1) is 18.1. The summed E-state index contributed by atoms with van der Waals surface area (Å²) in [7, 11) is 0. The van der Waals surface area contributed by atoms with E-state index in [-0.39, 0.29) is 0 Å². The van der Waals surface area contributed by atoms with E-state index < -0.39 is 0 Å². The van der Waals surface area contributed by atoms with E-state index in [4.69, 9.17) is 4.98 Å². The van der Waals surface area contributed by atoms with E-state index in [1.807, 2.05) is 0 Å². The molecule has 3 aromatic rings. The first-order valence-electron chi connectivity index (χ1n) is 10.4. The minimum Gasteiger partial charge on any atom is -0.353 e. The Kier molecular flexibility index (Phi) is 4.94. The molecule has 1 saturated carbocycles. The number of hydrogen-bond acceptors (Lipinski definition) is 2. The van der Waals surface area contributed by atoms with Crippen molar-refractivity contribution in [3.8, 4) is 5.69 Å². The van der Waals surface area contributed by atoms with Gasteiger partial charge in [-0.1, -0.05) is 70.9 Å². The molecule has 0 spiro atoms. The highest BCUT2D eigenvalue weighted by Crippen LogP contribution is 2.36. The van der Waals surface area contributed by atoms with Crippen molar-refractivity contribution in [1.82, 2.24) is 9.55 Å². The van der Waals surface area contributed by atoms with Gasteiger partial charge in [-0.2, -0.15) is 0 Å². The van der Waals surface area contributed by atoms with Gasteiger partial charge in [-0.15, -0.1) is 0 Å². The quantitative estimate of drug-likeness (QED) is 0.553. The Morgan fingerprint density at radius 1 is 0.889 bits per heavy atom. The number of nitrogens with one attached hydrogen (secondary N) is 1. The third-order valence-corrected chi connectivity index (χ3v) is 5.82. The highest BCUT2D eigenvalue weighted by atomic mass is 15.2. The van der Waals surface area contributed by atoms with Gasteiger partial charge in [0.25, 0.3) is 0 Å². The van der Waals surface area contributed by atoms with Gasteiger partial charge in [0.05, 0.1) is 16.7 Å². The number of para-hydroxylation sites is 3. The molecule has 1 N–H and O–H groups in total. The van der Waals surface area contributed by atoms with E-state index in [0.29, 0.717) is 17.9 Å². The van der Waals surface area contributed by atoms with E-state index in [1.165, 1.54) is 48.0 Å². The zero-order chi connectivity index (χ0) is 19.0. The maximum absolute atomic E-state index is 5.01. The Morgan fingerprint density at radius 2 is 1.52 bits per heavy atom. The Morgan fingerprint density at radius 3 is 2.15 bits per heavy atom. The molecule has 0 bridgehead atoms. The molecule has 0 radical (unpaired) electrons. The second kappa shape index (κ2) is 7.38. The van der Waals surface area contributed by atoms with E-state index in [1.54, 1.807) is 0 Å². The number of aromatic nitrogens is 2. The summed E-state index contributed by atoms with van der Waals surface area (Å²) in [4.78, 5) is 5.01. The first-order chi connectivity index (χ1) is 13.1. The van der Waals surface area contributed by atoms with E-state index in [9.17, 15) is 0 Å². The third kappa shape index (κ3) is 3.36. The van der Waals surface area contributed by atoms with Gasteiger partial charge >= 0.3 is 0 Å². The van der Waals surface area contributed by atoms with Crippen molar-refractivity contribution in [3.63, 3.8) is 0 Å². The highest BCUT2D eigenvalue weighted by Gasteiger charge is 2.23. The summed E-state index contributed by atoms with van der Waals surface area (Å²) in [5, 5.41) is 3.78. The Hall–Kier alpha value is -2.29. The lowest BCUT2D eigenvalue weighted by molar-refractivity contribution is 0.738. The fourth-order valence-electron chi connectivity index (χ4n) is 4.37. The third-order valence-electron chi connectivity index (χ3n) is 5.82. The van der Waals surface area contributed by atoms with Gasteiger partial charge in [0.1, 0.15) is 0 Å². The molecule has 3 heteroatoms. The topological polar surface area (TPSA) is 29.9 Å². The zero-order valence-electron chi connectivity index (χ0n) is 17.0. The lowest BCUT2D eigenvalue weighted by atomic mass is 9.92. The van der Waals surface area contributed by atoms with Crippen LogP contribution in [0.2, 0.25) is 0 Å². The molecular weight excluding hydrogens is 330 g/mol. The molecule has 1 heterocycles. The molecule has 3 nitrogen and oxygen atoms in total. The van der Waals surface area contributed by atoms with Gasteiger partial charge in [-0.05, 0) is 47.9 Å². The fourth-order valence-corrected chi connectivity index (χ4v) is 4.37. The molecule has 1 fully saturated rings. The van der Waals surface area contributed by atoms with Gasteiger partial charge in [0.2, 0.25) is 5.95 Å². The van der Waals surface area contributed by atoms with Crippen LogP contribution in [0.15, 0.2) is 42.5 Å². The Bertz CT molecular complexity index is 904. The van der Waals surface area contributed by atoms with E-state index in [0.717, 1.165) is 11.5 Å². The highest BCUT2D eigenvalue weighted by molar-refractivity contribution is 5.82. The van der Waals surface area contributed by atoms with Gasteiger partial charge in [-0.3, -0.25) is 4.57 Å². The molecule has 27 heavy (non-hydrogen) atoms. The van der Waals surface area contributed by atoms with Crippen LogP contribution in [0, 0.1) is 0 Å². The van der Waals surface area contributed by atoms with Crippen molar-refractivity contribution >= 4 is 17.0 Å². The minimum absolute atomic E-state index is 0.458. The van der Waals surface area contributed by atoms with Crippen molar-refractivity contribution in [3.05, 3.63) is 53.6 Å². The van der Waals surface area contributed by atoms with E-state index >= 15 is 0 Å². The predicted octanol–water partition coefficient (Wildman–Crippen LogP) is 6.63. The molecule has 1 aromatic heterocycles. The van der Waals surface area contributed by atoms with Crippen LogP contribution in [0.3, 0.4) is 0 Å². The second-order valence-corrected chi connectivity index (χ2v) is 8.48. The molecule has 0 aliphatic heterocycles. The van der Waals surface area contributed by atoms with Crippen molar-refractivity contribution in [2.75, 3.05) is 5.32 Å². The molecule has 142 valence electrons. The summed E-state index contributed by atoms with van der Waals surface area (Å²) >= 11 is 0. The normalized spacial score (nSPS) is 15.3. The van der Waals surface area contributed by atoms with Crippen molar-refractivity contribution in [2.45, 2.75) is 71.3 Å². The van der Waals surface area contributed by atoms with Crippen molar-refractivity contribution in [2.24, 2.45) is 0 Å². The van der Waals surface area contributed by atoms with Crippen molar-refractivity contribution < 1.29 is 0 Å². The predicted molar refractivity (Wildman–Crippen MR) is 115 cm³/mol. The smallest absolute Gasteiger partial charge is 0.208 e. The summed E-state index contributed by atoms with van der Waals surface area (Å²) in [5.74, 6) is 1.91. The molecule has 4 rings (SSSR count). The first-order valence-corrected chi connectivity index (χ1v) is 10.4. The average molecular weight is 362 g/mol. The van der Waals surface area contributed by atoms with Crippen LogP contribution in [0.25, 0.3) is 16.7 Å². The van der Waals surface area contributed by atoms with Crippen LogP contribution in [0.5, 0.6) is 0 Å². The molecule has 2 aromatic carbocycles. The average Bonchev–Trinajstić information content (AvgIpc) is 3.28. The lowest BCUT2D eigenvalue weighted by Crippen LogP contribution is -2.19. The number of anilines is 1. The monoisotopic (exact) mass is 361 g/mol. The largest absolute Gasteiger partial charge is 0.353 e. The number of fused-ring (bicyclic) bond motifs is 1. The molecule has 0 atom stereocenters. The summed E-state index contributed by atoms with van der Waals surface area (Å²) in [6.07, 6.45) is 5.12. The van der Waals surface area contributed by atoms with E-state index in [2.05, 4.69) is 80.0 Å². The lowest BCUT2D eigenvalue weighted by Gasteiger charge is -2.23. The zero-order valence-corrected chi connectivity index (χ0v) is 17.0. The van der Waals surface area contributed by atoms with Crippen LogP contribution < -0.4 is 5.32 Å². The Balaban J connectivity index is 1.98. The molecule has 0 unspecified atom stereocenters. The van der Waals surface area contributed by atoms with Gasteiger partial charge in [0, 0.05) is 6.04 Å². The molecule has 1 aliphatic carbocycles. The summed E-state index contributed by atoms with van der Waals surface area (Å²) in [6.45, 7) is 9.14. The summed E-state index contributed by atoms with van der Waals surface area (Å²) < 4.78 is 2.39. The van der Waals surface area contributed by atoms with Crippen LogP contribution in [-0.2, 0) is 0 Å². The number of rotatable bonds is 5. The second-order valence-electron chi connectivity index (χ2n) is 8.48. The molecule has 0 amide bonds. The molecule has 1 aliphatic rings. The SMILES string of the molecule is CC(C)c1cccc(C(C)C)c1-n1c(NC2CCCC2)nc2ccccc21. The van der Waals surface area contributed by atoms with Gasteiger partial charge < -0.3 is 5.32 Å². The number of benzene rings is 2. The number of hydrogen-bond donors (Lipinski definition) is 1. The van der Waals surface area contributed by atoms with Crippen LogP contribution in [-0.4, -0.2) is 15.6 Å². The van der Waals surface area contributed by atoms with Crippen LogP contribution in [0.4, 0.5) is 5.95 Å². The van der Waals surface area contributed by atoms with Gasteiger partial charge in [-0.25, -0.2) is 4.98 Å². The summed E-state index contributed by atoms with van der Waals surface area (Å²) in [5.41, 5.74) is 6.34. The summed E-state index contributed by atoms with van der Waals surface area (Å²) in [6, 6.07) is 15.8. The van der Waals surface area contributed by atoms with Crippen LogP contribution in [0.1, 0.15) is 76.3 Å². The fraction of sp³-hybridized carbons (Fsp3) is 0.458. The maximum Gasteiger partial charge on any atom is 0.208 e. The van der Waals surface area contributed by atoms with Crippen molar-refractivity contribution in [1.29, 1.82) is 0 Å². The minimum atomic E-state index is 0.458. The molecule has 0 saturated heterocycles. The maximum atomic E-state index is 5.01.